The zero-order valence-electron chi connectivity index (χ0n) is 10.5. The molecule has 1 aromatic heterocycles. The summed E-state index contributed by atoms with van der Waals surface area (Å²) in [5.41, 5.74) is -0.263. The van der Waals surface area contributed by atoms with E-state index in [1.807, 2.05) is 13.8 Å². The van der Waals surface area contributed by atoms with Crippen molar-refractivity contribution < 1.29 is 4.74 Å². The van der Waals surface area contributed by atoms with Gasteiger partial charge in [0.25, 0.3) is 5.56 Å². The molecule has 94 valence electrons. The second-order valence-corrected chi connectivity index (χ2v) is 4.74. The number of hydrogen-bond acceptors (Lipinski definition) is 4. The summed E-state index contributed by atoms with van der Waals surface area (Å²) in [5.74, 6) is 1.33. The minimum absolute atomic E-state index is 0.116. The van der Waals surface area contributed by atoms with Crippen molar-refractivity contribution in [1.82, 2.24) is 9.97 Å². The lowest BCUT2D eigenvalue weighted by atomic mass is 9.95. The zero-order valence-corrected chi connectivity index (χ0v) is 10.5. The molecule has 2 rings (SSSR count). The summed E-state index contributed by atoms with van der Waals surface area (Å²) in [6, 6.07) is 1.50. The molecule has 0 aromatic carbocycles. The summed E-state index contributed by atoms with van der Waals surface area (Å²) in [4.78, 5) is 18.5. The van der Waals surface area contributed by atoms with Gasteiger partial charge in [0.2, 0.25) is 0 Å². The van der Waals surface area contributed by atoms with Crippen molar-refractivity contribution in [2.45, 2.75) is 45.3 Å². The van der Waals surface area contributed by atoms with Gasteiger partial charge in [0.05, 0.1) is 11.6 Å². The first-order valence-electron chi connectivity index (χ1n) is 6.03. The van der Waals surface area contributed by atoms with E-state index < -0.39 is 0 Å². The van der Waals surface area contributed by atoms with Gasteiger partial charge in [0.1, 0.15) is 11.6 Å². The van der Waals surface area contributed by atoms with Crippen molar-refractivity contribution >= 4 is 5.82 Å². The number of nitrogens with zero attached hydrogens (tertiary/aromatic N) is 1. The number of rotatable bonds is 3. The third-order valence-corrected chi connectivity index (χ3v) is 3.43. The minimum Gasteiger partial charge on any atom is -0.376 e. The van der Waals surface area contributed by atoms with Crippen LogP contribution in [0, 0.1) is 0 Å². The van der Waals surface area contributed by atoms with Crippen LogP contribution in [0.3, 0.4) is 0 Å². The fourth-order valence-electron chi connectivity index (χ4n) is 2.03. The molecular weight excluding hydrogens is 218 g/mol. The Morgan fingerprint density at radius 3 is 3.06 bits per heavy atom. The highest BCUT2D eigenvalue weighted by Crippen LogP contribution is 2.28. The van der Waals surface area contributed by atoms with Gasteiger partial charge in [-0.2, -0.15) is 0 Å². The largest absolute Gasteiger partial charge is 0.376 e. The summed E-state index contributed by atoms with van der Waals surface area (Å²) in [6.07, 6.45) is 1.76. The average Bonchev–Trinajstić information content (AvgIpc) is 2.58. The summed E-state index contributed by atoms with van der Waals surface area (Å²) in [7, 11) is 0. The normalized spacial score (nSPS) is 28.3. The van der Waals surface area contributed by atoms with Gasteiger partial charge in [-0.25, -0.2) is 4.98 Å². The Kier molecular flexibility index (Phi) is 3.19. The summed E-state index contributed by atoms with van der Waals surface area (Å²) >= 11 is 0. The van der Waals surface area contributed by atoms with Crippen molar-refractivity contribution in [3.05, 3.63) is 22.2 Å². The molecule has 2 atom stereocenters. The van der Waals surface area contributed by atoms with E-state index in [1.165, 1.54) is 6.07 Å². The standard InChI is InChI=1S/C12H19N3O2/c1-4-9-13-10(7-11(16)14-9)15-12(3)5-6-17-8(12)2/h7-8H,4-6H2,1-3H3,(H2,13,14,15,16). The van der Waals surface area contributed by atoms with Crippen LogP contribution in [0.15, 0.2) is 10.9 Å². The molecule has 2 N–H and O–H groups in total. The predicted molar refractivity (Wildman–Crippen MR) is 66.3 cm³/mol. The first kappa shape index (κ1) is 12.1. The summed E-state index contributed by atoms with van der Waals surface area (Å²) in [5, 5.41) is 3.33. The Labute approximate surface area is 101 Å². The van der Waals surface area contributed by atoms with E-state index in [-0.39, 0.29) is 17.2 Å². The SMILES string of the molecule is CCc1nc(NC2(C)CCOC2C)cc(=O)[nH]1. The van der Waals surface area contributed by atoms with E-state index in [1.54, 1.807) is 0 Å². The highest BCUT2D eigenvalue weighted by molar-refractivity contribution is 5.37. The van der Waals surface area contributed by atoms with Crippen molar-refractivity contribution in [2.24, 2.45) is 0 Å². The number of nitrogens with one attached hydrogen (secondary N) is 2. The van der Waals surface area contributed by atoms with Crippen LogP contribution < -0.4 is 10.9 Å². The number of H-pyrrole nitrogens is 1. The molecule has 5 heteroatoms. The predicted octanol–water partition coefficient (Wildman–Crippen LogP) is 1.31. The lowest BCUT2D eigenvalue weighted by Gasteiger charge is -2.29. The topological polar surface area (TPSA) is 67.0 Å². The highest BCUT2D eigenvalue weighted by Gasteiger charge is 2.37. The first-order chi connectivity index (χ1) is 8.03. The molecule has 0 bridgehead atoms. The van der Waals surface area contributed by atoms with E-state index in [0.717, 1.165) is 13.0 Å². The monoisotopic (exact) mass is 237 g/mol. The van der Waals surface area contributed by atoms with Crippen molar-refractivity contribution in [3.63, 3.8) is 0 Å². The van der Waals surface area contributed by atoms with Crippen LogP contribution in [-0.2, 0) is 11.2 Å². The van der Waals surface area contributed by atoms with Gasteiger partial charge in [-0.1, -0.05) is 6.92 Å². The number of anilines is 1. The molecule has 1 fully saturated rings. The fourth-order valence-corrected chi connectivity index (χ4v) is 2.03. The van der Waals surface area contributed by atoms with Crippen LogP contribution in [0.25, 0.3) is 0 Å². The zero-order chi connectivity index (χ0) is 12.5. The van der Waals surface area contributed by atoms with E-state index in [0.29, 0.717) is 18.1 Å². The van der Waals surface area contributed by atoms with Crippen LogP contribution in [0.1, 0.15) is 33.0 Å². The number of aromatic nitrogens is 2. The van der Waals surface area contributed by atoms with Crippen molar-refractivity contribution in [3.8, 4) is 0 Å². The highest BCUT2D eigenvalue weighted by atomic mass is 16.5. The maximum Gasteiger partial charge on any atom is 0.252 e. The lowest BCUT2D eigenvalue weighted by Crippen LogP contribution is -2.41. The van der Waals surface area contributed by atoms with E-state index in [4.69, 9.17) is 4.74 Å². The van der Waals surface area contributed by atoms with Crippen LogP contribution in [0.4, 0.5) is 5.82 Å². The van der Waals surface area contributed by atoms with Crippen LogP contribution in [0.2, 0.25) is 0 Å². The van der Waals surface area contributed by atoms with Gasteiger partial charge < -0.3 is 15.0 Å². The molecule has 1 saturated heterocycles. The number of ether oxygens (including phenoxy) is 1. The molecule has 2 heterocycles. The van der Waals surface area contributed by atoms with Gasteiger partial charge in [-0.05, 0) is 20.3 Å². The molecule has 1 aromatic rings. The van der Waals surface area contributed by atoms with Crippen molar-refractivity contribution in [2.75, 3.05) is 11.9 Å². The van der Waals surface area contributed by atoms with E-state index in [2.05, 4.69) is 22.2 Å². The molecule has 0 amide bonds. The van der Waals surface area contributed by atoms with Gasteiger partial charge in [-0.3, -0.25) is 4.79 Å². The van der Waals surface area contributed by atoms with Crippen molar-refractivity contribution in [1.29, 1.82) is 0 Å². The molecule has 5 nitrogen and oxygen atoms in total. The maximum absolute atomic E-state index is 11.5. The van der Waals surface area contributed by atoms with Crippen LogP contribution in [0.5, 0.6) is 0 Å². The third kappa shape index (κ3) is 2.49. The number of aromatic amines is 1. The minimum atomic E-state index is -0.147. The quantitative estimate of drug-likeness (QED) is 0.832. The Morgan fingerprint density at radius 1 is 1.71 bits per heavy atom. The van der Waals surface area contributed by atoms with Gasteiger partial charge >= 0.3 is 0 Å². The molecule has 17 heavy (non-hydrogen) atoms. The molecule has 0 aliphatic carbocycles. The van der Waals surface area contributed by atoms with Crippen LogP contribution in [-0.4, -0.2) is 28.2 Å². The van der Waals surface area contributed by atoms with Crippen LogP contribution >= 0.6 is 0 Å². The molecule has 0 spiro atoms. The number of aryl methyl sites for hydroxylation is 1. The Morgan fingerprint density at radius 2 is 2.47 bits per heavy atom. The van der Waals surface area contributed by atoms with Gasteiger partial charge in [0, 0.05) is 19.1 Å². The maximum atomic E-state index is 11.5. The third-order valence-electron chi connectivity index (χ3n) is 3.43. The molecule has 2 unspecified atom stereocenters. The Hall–Kier alpha value is -1.36. The average molecular weight is 237 g/mol. The second kappa shape index (κ2) is 4.49. The Balaban J connectivity index is 2.23. The molecule has 1 aliphatic heterocycles. The summed E-state index contributed by atoms with van der Waals surface area (Å²) < 4.78 is 5.55. The molecule has 0 saturated carbocycles. The second-order valence-electron chi connectivity index (χ2n) is 4.74. The smallest absolute Gasteiger partial charge is 0.252 e. The molecule has 0 radical (unpaired) electrons. The Bertz CT molecular complexity index is 457. The van der Waals surface area contributed by atoms with Gasteiger partial charge in [0.15, 0.2) is 0 Å². The first-order valence-corrected chi connectivity index (χ1v) is 6.03. The molecule has 1 aliphatic rings. The van der Waals surface area contributed by atoms with E-state index in [9.17, 15) is 4.79 Å². The van der Waals surface area contributed by atoms with E-state index >= 15 is 0 Å². The summed E-state index contributed by atoms with van der Waals surface area (Å²) in [6.45, 7) is 6.84. The molecular formula is C12H19N3O2. The lowest BCUT2D eigenvalue weighted by molar-refractivity contribution is 0.105. The van der Waals surface area contributed by atoms with Gasteiger partial charge in [-0.15, -0.1) is 0 Å². The number of hydrogen-bond donors (Lipinski definition) is 2. The fraction of sp³-hybridized carbons (Fsp3) is 0.667.